The van der Waals surface area contributed by atoms with E-state index in [-0.39, 0.29) is 5.82 Å². The Morgan fingerprint density at radius 3 is 2.67 bits per heavy atom. The van der Waals surface area contributed by atoms with E-state index < -0.39 is 0 Å². The summed E-state index contributed by atoms with van der Waals surface area (Å²) in [7, 11) is 2.04. The van der Waals surface area contributed by atoms with Crippen LogP contribution in [0.2, 0.25) is 0 Å². The van der Waals surface area contributed by atoms with Gasteiger partial charge in [-0.05, 0) is 65.9 Å². The van der Waals surface area contributed by atoms with Crippen molar-refractivity contribution in [2.24, 2.45) is 5.92 Å². The highest BCUT2D eigenvalue weighted by molar-refractivity contribution is 9.10. The van der Waals surface area contributed by atoms with Crippen molar-refractivity contribution in [3.63, 3.8) is 0 Å². The number of likely N-dealkylation sites (N-methyl/N-ethyl adjacent to an activating group) is 1. The first-order chi connectivity index (χ1) is 8.70. The van der Waals surface area contributed by atoms with Crippen molar-refractivity contribution in [2.45, 2.75) is 44.6 Å². The smallest absolute Gasteiger partial charge is 0.137 e. The molecule has 0 heterocycles. The highest BCUT2D eigenvalue weighted by Gasteiger charge is 2.22. The summed E-state index contributed by atoms with van der Waals surface area (Å²) in [6.07, 6.45) is 7.74. The molecule has 1 saturated carbocycles. The van der Waals surface area contributed by atoms with Gasteiger partial charge in [0.1, 0.15) is 5.82 Å². The molecule has 1 aliphatic rings. The molecular formula is C15H21BrFN. The third-order valence-electron chi connectivity index (χ3n) is 4.03. The van der Waals surface area contributed by atoms with Crippen LogP contribution in [0.1, 0.15) is 37.7 Å². The molecule has 1 aliphatic carbocycles. The van der Waals surface area contributed by atoms with Crippen LogP contribution < -0.4 is 5.32 Å². The molecule has 1 unspecified atom stereocenters. The van der Waals surface area contributed by atoms with Crippen molar-refractivity contribution in [3.8, 4) is 0 Å². The highest BCUT2D eigenvalue weighted by Crippen LogP contribution is 2.28. The van der Waals surface area contributed by atoms with Gasteiger partial charge >= 0.3 is 0 Å². The Morgan fingerprint density at radius 2 is 2.06 bits per heavy atom. The fraction of sp³-hybridized carbons (Fsp3) is 0.600. The van der Waals surface area contributed by atoms with Crippen LogP contribution in [0, 0.1) is 11.7 Å². The van der Waals surface area contributed by atoms with Crippen molar-refractivity contribution in [3.05, 3.63) is 34.1 Å². The molecule has 18 heavy (non-hydrogen) atoms. The Labute approximate surface area is 117 Å². The molecule has 0 saturated heterocycles. The summed E-state index contributed by atoms with van der Waals surface area (Å²) in [5.41, 5.74) is 1.20. The number of halogens is 2. The predicted molar refractivity (Wildman–Crippen MR) is 77.2 cm³/mol. The van der Waals surface area contributed by atoms with Crippen molar-refractivity contribution < 1.29 is 4.39 Å². The second-order valence-corrected chi connectivity index (χ2v) is 6.10. The predicted octanol–water partition coefficient (Wildman–Crippen LogP) is 4.30. The average molecular weight is 314 g/mol. The fourth-order valence-electron chi connectivity index (χ4n) is 2.96. The van der Waals surface area contributed by atoms with E-state index in [0.29, 0.717) is 10.5 Å². The maximum Gasteiger partial charge on any atom is 0.137 e. The summed E-state index contributed by atoms with van der Waals surface area (Å²) >= 11 is 3.26. The van der Waals surface area contributed by atoms with Gasteiger partial charge in [0, 0.05) is 6.04 Å². The first-order valence-corrected chi connectivity index (χ1v) is 7.61. The number of nitrogens with one attached hydrogen (secondary N) is 1. The van der Waals surface area contributed by atoms with E-state index >= 15 is 0 Å². The summed E-state index contributed by atoms with van der Waals surface area (Å²) in [5, 5.41) is 3.45. The maximum atomic E-state index is 13.2. The van der Waals surface area contributed by atoms with Gasteiger partial charge in [-0.1, -0.05) is 25.3 Å². The molecule has 2 rings (SSSR count). The largest absolute Gasteiger partial charge is 0.316 e. The molecule has 1 nitrogen and oxygen atoms in total. The molecule has 3 heteroatoms. The number of benzene rings is 1. The molecule has 1 aromatic carbocycles. The van der Waals surface area contributed by atoms with E-state index in [9.17, 15) is 4.39 Å². The van der Waals surface area contributed by atoms with Gasteiger partial charge in [-0.15, -0.1) is 0 Å². The Kier molecular flexibility index (Phi) is 5.19. The molecule has 0 bridgehead atoms. The molecule has 0 aromatic heterocycles. The number of hydrogen-bond donors (Lipinski definition) is 1. The van der Waals surface area contributed by atoms with Crippen molar-refractivity contribution in [1.82, 2.24) is 5.32 Å². The summed E-state index contributed by atoms with van der Waals surface area (Å²) < 4.78 is 13.8. The van der Waals surface area contributed by atoms with E-state index in [0.717, 1.165) is 12.3 Å². The Balaban J connectivity index is 2.02. The number of rotatable bonds is 4. The zero-order chi connectivity index (χ0) is 13.0. The Morgan fingerprint density at radius 1 is 1.33 bits per heavy atom. The molecule has 1 aromatic rings. The normalized spacial score (nSPS) is 18.8. The van der Waals surface area contributed by atoms with Gasteiger partial charge in [0.2, 0.25) is 0 Å². The summed E-state index contributed by atoms with van der Waals surface area (Å²) in [6, 6.07) is 5.87. The molecule has 0 radical (unpaired) electrons. The average Bonchev–Trinajstić information content (AvgIpc) is 2.41. The standard InChI is InChI=1S/C15H21BrFN/c1-18-15(12-5-3-2-4-6-12)10-11-7-8-14(17)13(16)9-11/h7-9,12,15,18H,2-6,10H2,1H3. The quantitative estimate of drug-likeness (QED) is 0.874. The van der Waals surface area contributed by atoms with Crippen molar-refractivity contribution in [1.29, 1.82) is 0 Å². The zero-order valence-corrected chi connectivity index (χ0v) is 12.5. The van der Waals surface area contributed by atoms with E-state index in [2.05, 4.69) is 21.2 Å². The second-order valence-electron chi connectivity index (χ2n) is 5.25. The van der Waals surface area contributed by atoms with Crippen LogP contribution in [-0.2, 0) is 6.42 Å². The molecule has 1 N–H and O–H groups in total. The van der Waals surface area contributed by atoms with Crippen LogP contribution in [0.4, 0.5) is 4.39 Å². The lowest BCUT2D eigenvalue weighted by Gasteiger charge is -2.30. The lowest BCUT2D eigenvalue weighted by Crippen LogP contribution is -2.36. The van der Waals surface area contributed by atoms with Gasteiger partial charge in [0.25, 0.3) is 0 Å². The van der Waals surface area contributed by atoms with E-state index in [1.54, 1.807) is 6.07 Å². The zero-order valence-electron chi connectivity index (χ0n) is 10.9. The lowest BCUT2D eigenvalue weighted by atomic mass is 9.81. The van der Waals surface area contributed by atoms with Gasteiger partial charge < -0.3 is 5.32 Å². The van der Waals surface area contributed by atoms with E-state index in [1.165, 1.54) is 37.7 Å². The van der Waals surface area contributed by atoms with Gasteiger partial charge in [-0.3, -0.25) is 0 Å². The van der Waals surface area contributed by atoms with Crippen LogP contribution in [0.25, 0.3) is 0 Å². The van der Waals surface area contributed by atoms with Crippen LogP contribution in [-0.4, -0.2) is 13.1 Å². The summed E-state index contributed by atoms with van der Waals surface area (Å²) in [6.45, 7) is 0. The third-order valence-corrected chi connectivity index (χ3v) is 4.64. The molecule has 0 spiro atoms. The van der Waals surface area contributed by atoms with Gasteiger partial charge in [0.05, 0.1) is 4.47 Å². The minimum atomic E-state index is -0.183. The third kappa shape index (κ3) is 3.55. The van der Waals surface area contributed by atoms with Crippen LogP contribution in [0.15, 0.2) is 22.7 Å². The van der Waals surface area contributed by atoms with Crippen LogP contribution >= 0.6 is 15.9 Å². The summed E-state index contributed by atoms with van der Waals surface area (Å²) in [4.78, 5) is 0. The summed E-state index contributed by atoms with van der Waals surface area (Å²) in [5.74, 6) is 0.588. The van der Waals surface area contributed by atoms with E-state index in [4.69, 9.17) is 0 Å². The van der Waals surface area contributed by atoms with Gasteiger partial charge in [-0.25, -0.2) is 4.39 Å². The minimum Gasteiger partial charge on any atom is -0.316 e. The molecule has 1 atom stereocenters. The van der Waals surface area contributed by atoms with Gasteiger partial charge in [-0.2, -0.15) is 0 Å². The lowest BCUT2D eigenvalue weighted by molar-refractivity contribution is 0.276. The Hall–Kier alpha value is -0.410. The number of hydrogen-bond acceptors (Lipinski definition) is 1. The molecule has 0 amide bonds. The molecule has 100 valence electrons. The SMILES string of the molecule is CNC(Cc1ccc(F)c(Br)c1)C1CCCCC1. The van der Waals surface area contributed by atoms with E-state index in [1.807, 2.05) is 19.2 Å². The minimum absolute atomic E-state index is 0.183. The topological polar surface area (TPSA) is 12.0 Å². The first kappa shape index (κ1) is 14.0. The highest BCUT2D eigenvalue weighted by atomic mass is 79.9. The fourth-order valence-corrected chi connectivity index (χ4v) is 3.39. The first-order valence-electron chi connectivity index (χ1n) is 6.82. The van der Waals surface area contributed by atoms with Gasteiger partial charge in [0.15, 0.2) is 0 Å². The molecule has 1 fully saturated rings. The monoisotopic (exact) mass is 313 g/mol. The van der Waals surface area contributed by atoms with Crippen molar-refractivity contribution in [2.75, 3.05) is 7.05 Å². The van der Waals surface area contributed by atoms with Crippen LogP contribution in [0.5, 0.6) is 0 Å². The Bertz CT molecular complexity index is 388. The van der Waals surface area contributed by atoms with Crippen LogP contribution in [0.3, 0.4) is 0 Å². The maximum absolute atomic E-state index is 13.2. The van der Waals surface area contributed by atoms with Crippen molar-refractivity contribution >= 4 is 15.9 Å². The second kappa shape index (κ2) is 6.67. The molecular weight excluding hydrogens is 293 g/mol. The molecule has 0 aliphatic heterocycles.